The summed E-state index contributed by atoms with van der Waals surface area (Å²) in [5.74, 6) is 0.731. The van der Waals surface area contributed by atoms with Gasteiger partial charge in [0.25, 0.3) is 0 Å². The predicted octanol–water partition coefficient (Wildman–Crippen LogP) is 2.64. The number of amides is 1. The van der Waals surface area contributed by atoms with Crippen LogP contribution in [0.3, 0.4) is 0 Å². The standard InChI is InChI=1S/C14H19NO/c1-10-6-11(2)8-14(7-10)13-4-5-15(9-13)12(3)16/h6-8,13H,4-5,9H2,1-3H3/t13-/m1/s1. The van der Waals surface area contributed by atoms with Crippen molar-refractivity contribution in [1.29, 1.82) is 0 Å². The molecule has 1 fully saturated rings. The maximum atomic E-state index is 11.3. The first kappa shape index (κ1) is 11.2. The van der Waals surface area contributed by atoms with E-state index in [-0.39, 0.29) is 5.91 Å². The van der Waals surface area contributed by atoms with Crippen molar-refractivity contribution in [2.75, 3.05) is 13.1 Å². The van der Waals surface area contributed by atoms with E-state index in [2.05, 4.69) is 32.0 Å². The fraction of sp³-hybridized carbons (Fsp3) is 0.500. The number of carbonyl (C=O) groups is 1. The highest BCUT2D eigenvalue weighted by Gasteiger charge is 2.25. The summed E-state index contributed by atoms with van der Waals surface area (Å²) in [7, 11) is 0. The highest BCUT2D eigenvalue weighted by molar-refractivity contribution is 5.73. The van der Waals surface area contributed by atoms with Crippen molar-refractivity contribution in [3.63, 3.8) is 0 Å². The van der Waals surface area contributed by atoms with Crippen LogP contribution in [0.2, 0.25) is 0 Å². The molecule has 0 radical (unpaired) electrons. The van der Waals surface area contributed by atoms with Crippen molar-refractivity contribution in [2.45, 2.75) is 33.1 Å². The third-order valence-electron chi connectivity index (χ3n) is 3.35. The van der Waals surface area contributed by atoms with E-state index in [0.29, 0.717) is 5.92 Å². The second-order valence-electron chi connectivity index (χ2n) is 4.87. The first-order valence-corrected chi connectivity index (χ1v) is 5.90. The third kappa shape index (κ3) is 2.26. The molecule has 0 spiro atoms. The second kappa shape index (κ2) is 4.28. The Kier molecular flexibility index (Phi) is 2.99. The van der Waals surface area contributed by atoms with Crippen LogP contribution in [0.25, 0.3) is 0 Å². The summed E-state index contributed by atoms with van der Waals surface area (Å²) in [5, 5.41) is 0. The van der Waals surface area contributed by atoms with Crippen LogP contribution < -0.4 is 0 Å². The van der Waals surface area contributed by atoms with Crippen molar-refractivity contribution in [3.8, 4) is 0 Å². The number of aryl methyl sites for hydroxylation is 2. The molecule has 1 atom stereocenters. The highest BCUT2D eigenvalue weighted by atomic mass is 16.2. The van der Waals surface area contributed by atoms with Crippen LogP contribution in [-0.2, 0) is 4.79 Å². The molecule has 2 rings (SSSR count). The molecule has 1 amide bonds. The third-order valence-corrected chi connectivity index (χ3v) is 3.35. The van der Waals surface area contributed by atoms with Crippen LogP contribution in [0.5, 0.6) is 0 Å². The molecule has 2 heteroatoms. The van der Waals surface area contributed by atoms with Gasteiger partial charge in [-0.1, -0.05) is 29.3 Å². The van der Waals surface area contributed by atoms with Crippen LogP contribution in [0, 0.1) is 13.8 Å². The summed E-state index contributed by atoms with van der Waals surface area (Å²) in [5.41, 5.74) is 4.02. The molecule has 1 aliphatic heterocycles. The van der Waals surface area contributed by atoms with Crippen LogP contribution in [0.15, 0.2) is 18.2 Å². The summed E-state index contributed by atoms with van der Waals surface area (Å²) >= 11 is 0. The van der Waals surface area contributed by atoms with Gasteiger partial charge in [-0.05, 0) is 25.8 Å². The Morgan fingerprint density at radius 3 is 2.38 bits per heavy atom. The molecule has 1 aromatic carbocycles. The minimum atomic E-state index is 0.201. The minimum Gasteiger partial charge on any atom is -0.342 e. The van der Waals surface area contributed by atoms with E-state index in [1.165, 1.54) is 16.7 Å². The van der Waals surface area contributed by atoms with Gasteiger partial charge in [0.1, 0.15) is 0 Å². The van der Waals surface area contributed by atoms with Crippen LogP contribution >= 0.6 is 0 Å². The summed E-state index contributed by atoms with van der Waals surface area (Å²) in [6.07, 6.45) is 1.10. The van der Waals surface area contributed by atoms with Gasteiger partial charge in [-0.25, -0.2) is 0 Å². The molecule has 1 saturated heterocycles. The summed E-state index contributed by atoms with van der Waals surface area (Å²) < 4.78 is 0. The fourth-order valence-corrected chi connectivity index (χ4v) is 2.56. The second-order valence-corrected chi connectivity index (χ2v) is 4.87. The minimum absolute atomic E-state index is 0.201. The van der Waals surface area contributed by atoms with Gasteiger partial charge in [0.2, 0.25) is 5.91 Å². The molecule has 16 heavy (non-hydrogen) atoms. The number of rotatable bonds is 1. The molecule has 2 nitrogen and oxygen atoms in total. The Morgan fingerprint density at radius 1 is 1.25 bits per heavy atom. The van der Waals surface area contributed by atoms with Gasteiger partial charge in [-0.2, -0.15) is 0 Å². The zero-order chi connectivity index (χ0) is 11.7. The average Bonchev–Trinajstić information content (AvgIpc) is 2.64. The molecule has 0 unspecified atom stereocenters. The fourth-order valence-electron chi connectivity index (χ4n) is 2.56. The van der Waals surface area contributed by atoms with E-state index >= 15 is 0 Å². The first-order valence-electron chi connectivity index (χ1n) is 5.90. The van der Waals surface area contributed by atoms with Crippen molar-refractivity contribution in [3.05, 3.63) is 34.9 Å². The Labute approximate surface area is 97.3 Å². The topological polar surface area (TPSA) is 20.3 Å². The number of nitrogens with zero attached hydrogens (tertiary/aromatic N) is 1. The molecule has 1 aromatic rings. The Balaban J connectivity index is 2.17. The maximum Gasteiger partial charge on any atom is 0.219 e. The lowest BCUT2D eigenvalue weighted by molar-refractivity contribution is -0.127. The Bertz CT molecular complexity index is 391. The van der Waals surface area contributed by atoms with Crippen molar-refractivity contribution >= 4 is 5.91 Å². The Hall–Kier alpha value is -1.31. The van der Waals surface area contributed by atoms with E-state index < -0.39 is 0 Å². The van der Waals surface area contributed by atoms with E-state index in [4.69, 9.17) is 0 Å². The number of hydrogen-bond donors (Lipinski definition) is 0. The van der Waals surface area contributed by atoms with Crippen molar-refractivity contribution in [2.24, 2.45) is 0 Å². The molecule has 1 heterocycles. The summed E-state index contributed by atoms with van der Waals surface area (Å²) in [6.45, 7) is 7.72. The van der Waals surface area contributed by atoms with E-state index in [1.54, 1.807) is 6.92 Å². The number of benzene rings is 1. The van der Waals surface area contributed by atoms with Gasteiger partial charge in [-0.15, -0.1) is 0 Å². The molecule has 86 valence electrons. The predicted molar refractivity (Wildman–Crippen MR) is 65.5 cm³/mol. The first-order chi connectivity index (χ1) is 7.56. The van der Waals surface area contributed by atoms with E-state index in [1.807, 2.05) is 4.90 Å². The van der Waals surface area contributed by atoms with Crippen LogP contribution in [-0.4, -0.2) is 23.9 Å². The average molecular weight is 217 g/mol. The Morgan fingerprint density at radius 2 is 1.88 bits per heavy atom. The van der Waals surface area contributed by atoms with Gasteiger partial charge in [-0.3, -0.25) is 4.79 Å². The zero-order valence-electron chi connectivity index (χ0n) is 10.3. The van der Waals surface area contributed by atoms with Gasteiger partial charge in [0.05, 0.1) is 0 Å². The van der Waals surface area contributed by atoms with Gasteiger partial charge < -0.3 is 4.90 Å². The molecular formula is C14H19NO. The molecule has 0 aromatic heterocycles. The summed E-state index contributed by atoms with van der Waals surface area (Å²) in [4.78, 5) is 13.2. The van der Waals surface area contributed by atoms with Gasteiger partial charge >= 0.3 is 0 Å². The smallest absolute Gasteiger partial charge is 0.219 e. The number of likely N-dealkylation sites (tertiary alicyclic amines) is 1. The lowest BCUT2D eigenvalue weighted by Crippen LogP contribution is -2.25. The van der Waals surface area contributed by atoms with E-state index in [9.17, 15) is 4.79 Å². The SMILES string of the molecule is CC(=O)N1CC[C@@H](c2cc(C)cc(C)c2)C1. The molecule has 1 aliphatic rings. The zero-order valence-corrected chi connectivity index (χ0v) is 10.3. The van der Waals surface area contributed by atoms with E-state index in [0.717, 1.165) is 19.5 Å². The molecular weight excluding hydrogens is 198 g/mol. The maximum absolute atomic E-state index is 11.3. The number of carbonyl (C=O) groups excluding carboxylic acids is 1. The van der Waals surface area contributed by atoms with Crippen molar-refractivity contribution in [1.82, 2.24) is 4.90 Å². The highest BCUT2D eigenvalue weighted by Crippen LogP contribution is 2.28. The lowest BCUT2D eigenvalue weighted by Gasteiger charge is -2.15. The largest absolute Gasteiger partial charge is 0.342 e. The lowest BCUT2D eigenvalue weighted by atomic mass is 9.95. The normalized spacial score (nSPS) is 20.2. The van der Waals surface area contributed by atoms with Gasteiger partial charge in [0, 0.05) is 25.9 Å². The monoisotopic (exact) mass is 217 g/mol. The van der Waals surface area contributed by atoms with Gasteiger partial charge in [0.15, 0.2) is 0 Å². The molecule has 0 bridgehead atoms. The van der Waals surface area contributed by atoms with Crippen molar-refractivity contribution < 1.29 is 4.79 Å². The number of hydrogen-bond acceptors (Lipinski definition) is 1. The molecule has 0 saturated carbocycles. The van der Waals surface area contributed by atoms with Crippen LogP contribution in [0.1, 0.15) is 36.0 Å². The van der Waals surface area contributed by atoms with Crippen LogP contribution in [0.4, 0.5) is 0 Å². The summed E-state index contributed by atoms with van der Waals surface area (Å²) in [6, 6.07) is 6.70. The molecule has 0 N–H and O–H groups in total. The quantitative estimate of drug-likeness (QED) is 0.708. The molecule has 0 aliphatic carbocycles.